The molecular weight excluding hydrogens is 260 g/mol. The number of thiazole rings is 1. The van der Waals surface area contributed by atoms with E-state index in [0.717, 1.165) is 12.1 Å². The number of nitrogens with zero attached hydrogens (tertiary/aromatic N) is 1. The second-order valence-corrected chi connectivity index (χ2v) is 6.68. The summed E-state index contributed by atoms with van der Waals surface area (Å²) < 4.78 is 0. The van der Waals surface area contributed by atoms with E-state index < -0.39 is 0 Å². The summed E-state index contributed by atoms with van der Waals surface area (Å²) in [5.41, 5.74) is 1.11. The first-order chi connectivity index (χ1) is 8.60. The third-order valence-electron chi connectivity index (χ3n) is 2.96. The molecule has 2 aromatic heterocycles. The molecule has 18 heavy (non-hydrogen) atoms. The predicted molar refractivity (Wildman–Crippen MR) is 80.5 cm³/mol. The molecule has 0 bridgehead atoms. The van der Waals surface area contributed by atoms with Gasteiger partial charge in [-0.25, -0.2) is 4.98 Å². The van der Waals surface area contributed by atoms with E-state index >= 15 is 0 Å². The van der Waals surface area contributed by atoms with Gasteiger partial charge in [0.15, 0.2) is 0 Å². The zero-order valence-corrected chi connectivity index (χ0v) is 13.0. The van der Waals surface area contributed by atoms with Crippen LogP contribution in [0.15, 0.2) is 17.5 Å². The minimum Gasteiger partial charge on any atom is -0.301 e. The van der Waals surface area contributed by atoms with Crippen molar-refractivity contribution < 1.29 is 0 Å². The number of hydrogen-bond acceptors (Lipinski definition) is 4. The minimum absolute atomic E-state index is 0.311. The van der Waals surface area contributed by atoms with E-state index in [2.05, 4.69) is 48.6 Å². The van der Waals surface area contributed by atoms with Gasteiger partial charge in [-0.1, -0.05) is 6.92 Å². The standard InChI is InChI=1S/C14H20N2S2/c1-5-12-6-7-13(18-12)10(3)16-11(4)14-15-9(2)8-17-14/h6-8,10-11,16H,5H2,1-4H3. The highest BCUT2D eigenvalue weighted by atomic mass is 32.1. The Morgan fingerprint density at radius 2 is 2.06 bits per heavy atom. The van der Waals surface area contributed by atoms with Crippen LogP contribution in [-0.4, -0.2) is 4.98 Å². The molecule has 0 aliphatic rings. The Kier molecular flexibility index (Phi) is 4.54. The molecule has 1 N–H and O–H groups in total. The van der Waals surface area contributed by atoms with Crippen molar-refractivity contribution in [1.29, 1.82) is 0 Å². The van der Waals surface area contributed by atoms with Crippen LogP contribution in [0.4, 0.5) is 0 Å². The Balaban J connectivity index is 2.00. The van der Waals surface area contributed by atoms with Gasteiger partial charge in [0.05, 0.1) is 6.04 Å². The van der Waals surface area contributed by atoms with Crippen molar-refractivity contribution >= 4 is 22.7 Å². The summed E-state index contributed by atoms with van der Waals surface area (Å²) in [6, 6.07) is 5.16. The van der Waals surface area contributed by atoms with Crippen LogP contribution >= 0.6 is 22.7 Å². The third-order valence-corrected chi connectivity index (χ3v) is 5.52. The Labute approximate surface area is 117 Å². The topological polar surface area (TPSA) is 24.9 Å². The number of rotatable bonds is 5. The lowest BCUT2D eigenvalue weighted by molar-refractivity contribution is 0.498. The van der Waals surface area contributed by atoms with Crippen LogP contribution in [0.3, 0.4) is 0 Å². The number of hydrogen-bond donors (Lipinski definition) is 1. The fraction of sp³-hybridized carbons (Fsp3) is 0.500. The van der Waals surface area contributed by atoms with E-state index in [1.165, 1.54) is 14.8 Å². The van der Waals surface area contributed by atoms with E-state index in [4.69, 9.17) is 0 Å². The Hall–Kier alpha value is -0.710. The molecular formula is C14H20N2S2. The molecule has 0 aliphatic heterocycles. The number of aromatic nitrogens is 1. The van der Waals surface area contributed by atoms with Crippen molar-refractivity contribution in [1.82, 2.24) is 10.3 Å². The van der Waals surface area contributed by atoms with E-state index in [1.807, 2.05) is 18.3 Å². The number of aryl methyl sites for hydroxylation is 2. The van der Waals surface area contributed by atoms with E-state index in [1.54, 1.807) is 11.3 Å². The zero-order valence-electron chi connectivity index (χ0n) is 11.4. The summed E-state index contributed by atoms with van der Waals surface area (Å²) in [6.07, 6.45) is 1.12. The molecule has 0 radical (unpaired) electrons. The van der Waals surface area contributed by atoms with Gasteiger partial charge < -0.3 is 5.32 Å². The normalized spacial score (nSPS) is 14.7. The van der Waals surface area contributed by atoms with E-state index in [9.17, 15) is 0 Å². The number of nitrogens with one attached hydrogen (secondary N) is 1. The summed E-state index contributed by atoms with van der Waals surface area (Å²) in [7, 11) is 0. The van der Waals surface area contributed by atoms with Gasteiger partial charge in [-0.3, -0.25) is 0 Å². The fourth-order valence-corrected chi connectivity index (χ4v) is 3.69. The van der Waals surface area contributed by atoms with Gasteiger partial charge in [-0.2, -0.15) is 0 Å². The largest absolute Gasteiger partial charge is 0.301 e. The smallest absolute Gasteiger partial charge is 0.110 e. The highest BCUT2D eigenvalue weighted by molar-refractivity contribution is 7.12. The summed E-state index contributed by atoms with van der Waals surface area (Å²) in [5, 5.41) is 6.90. The van der Waals surface area contributed by atoms with Gasteiger partial charge in [0.2, 0.25) is 0 Å². The predicted octanol–water partition coefficient (Wildman–Crippen LogP) is 4.49. The first kappa shape index (κ1) is 13.7. The van der Waals surface area contributed by atoms with Crippen molar-refractivity contribution in [2.45, 2.75) is 46.2 Å². The highest BCUT2D eigenvalue weighted by Crippen LogP contribution is 2.26. The maximum Gasteiger partial charge on any atom is 0.110 e. The van der Waals surface area contributed by atoms with Crippen LogP contribution in [0.1, 0.15) is 53.3 Å². The summed E-state index contributed by atoms with van der Waals surface area (Å²) >= 11 is 3.64. The lowest BCUT2D eigenvalue weighted by atomic mass is 10.2. The van der Waals surface area contributed by atoms with Crippen LogP contribution in [0.2, 0.25) is 0 Å². The van der Waals surface area contributed by atoms with Gasteiger partial charge in [0.1, 0.15) is 5.01 Å². The van der Waals surface area contributed by atoms with Crippen molar-refractivity contribution in [2.75, 3.05) is 0 Å². The van der Waals surface area contributed by atoms with Crippen LogP contribution in [0, 0.1) is 6.92 Å². The van der Waals surface area contributed by atoms with Crippen LogP contribution in [0.5, 0.6) is 0 Å². The molecule has 0 saturated heterocycles. The quantitative estimate of drug-likeness (QED) is 0.873. The molecule has 98 valence electrons. The molecule has 2 nitrogen and oxygen atoms in total. The first-order valence-corrected chi connectivity index (χ1v) is 8.06. The Morgan fingerprint density at radius 1 is 1.28 bits per heavy atom. The molecule has 2 aromatic rings. The molecule has 4 heteroatoms. The fourth-order valence-electron chi connectivity index (χ4n) is 1.92. The zero-order chi connectivity index (χ0) is 13.1. The van der Waals surface area contributed by atoms with Gasteiger partial charge in [-0.05, 0) is 39.3 Å². The minimum atomic E-state index is 0.311. The molecule has 2 unspecified atom stereocenters. The summed E-state index contributed by atoms with van der Waals surface area (Å²) in [5.74, 6) is 0. The average Bonchev–Trinajstić information content (AvgIpc) is 2.97. The second-order valence-electron chi connectivity index (χ2n) is 4.59. The van der Waals surface area contributed by atoms with Crippen molar-refractivity contribution in [2.24, 2.45) is 0 Å². The molecule has 2 atom stereocenters. The molecule has 0 amide bonds. The van der Waals surface area contributed by atoms with Crippen molar-refractivity contribution in [3.63, 3.8) is 0 Å². The summed E-state index contributed by atoms with van der Waals surface area (Å²) in [6.45, 7) is 8.66. The second kappa shape index (κ2) is 5.95. The summed E-state index contributed by atoms with van der Waals surface area (Å²) in [4.78, 5) is 7.40. The molecule has 2 heterocycles. The third kappa shape index (κ3) is 3.19. The lowest BCUT2D eigenvalue weighted by Gasteiger charge is -2.17. The molecule has 0 spiro atoms. The molecule has 0 aromatic carbocycles. The maximum absolute atomic E-state index is 4.54. The maximum atomic E-state index is 4.54. The molecule has 0 saturated carbocycles. The average molecular weight is 280 g/mol. The van der Waals surface area contributed by atoms with Gasteiger partial charge in [0.25, 0.3) is 0 Å². The molecule has 0 aliphatic carbocycles. The van der Waals surface area contributed by atoms with Crippen molar-refractivity contribution in [3.8, 4) is 0 Å². The van der Waals surface area contributed by atoms with Crippen LogP contribution in [-0.2, 0) is 6.42 Å². The highest BCUT2D eigenvalue weighted by Gasteiger charge is 2.14. The van der Waals surface area contributed by atoms with Gasteiger partial charge in [0, 0.05) is 26.9 Å². The van der Waals surface area contributed by atoms with Gasteiger partial charge >= 0.3 is 0 Å². The van der Waals surface area contributed by atoms with E-state index in [0.29, 0.717) is 12.1 Å². The van der Waals surface area contributed by atoms with Crippen LogP contribution < -0.4 is 5.32 Å². The first-order valence-electron chi connectivity index (χ1n) is 6.36. The van der Waals surface area contributed by atoms with Crippen LogP contribution in [0.25, 0.3) is 0 Å². The monoisotopic (exact) mass is 280 g/mol. The van der Waals surface area contributed by atoms with Crippen molar-refractivity contribution in [3.05, 3.63) is 38.0 Å². The lowest BCUT2D eigenvalue weighted by Crippen LogP contribution is -2.21. The molecule has 2 rings (SSSR count). The van der Waals surface area contributed by atoms with Gasteiger partial charge in [-0.15, -0.1) is 22.7 Å². The molecule has 0 fully saturated rings. The van der Waals surface area contributed by atoms with E-state index in [-0.39, 0.29) is 0 Å². The Bertz CT molecular complexity index is 501. The SMILES string of the molecule is CCc1ccc(C(C)NC(C)c2nc(C)cs2)s1. The number of thiophene rings is 1. The Morgan fingerprint density at radius 3 is 2.61 bits per heavy atom.